The van der Waals surface area contributed by atoms with E-state index in [0.29, 0.717) is 5.92 Å². The monoisotopic (exact) mass is 465 g/mol. The molecule has 0 aliphatic carbocycles. The molecule has 35 heavy (non-hydrogen) atoms. The second kappa shape index (κ2) is 11.5. The van der Waals surface area contributed by atoms with Gasteiger partial charge >= 0.3 is 0 Å². The Labute approximate surface area is 209 Å². The fourth-order valence-electron chi connectivity index (χ4n) is 5.34. The van der Waals surface area contributed by atoms with Gasteiger partial charge in [0, 0.05) is 19.6 Å². The van der Waals surface area contributed by atoms with Crippen molar-refractivity contribution in [1.29, 1.82) is 5.26 Å². The highest BCUT2D eigenvalue weighted by molar-refractivity contribution is 5.36. The van der Waals surface area contributed by atoms with Crippen LogP contribution < -0.4 is 4.74 Å². The minimum absolute atomic E-state index is 0.612. The first-order chi connectivity index (χ1) is 17.2. The molecule has 0 saturated carbocycles. The van der Waals surface area contributed by atoms with Gasteiger partial charge in [0.1, 0.15) is 5.75 Å². The van der Waals surface area contributed by atoms with Gasteiger partial charge in [-0.3, -0.25) is 9.80 Å². The molecule has 0 spiro atoms. The number of nitriles is 1. The van der Waals surface area contributed by atoms with Crippen LogP contribution in [0.3, 0.4) is 0 Å². The molecule has 0 atom stereocenters. The quantitative estimate of drug-likeness (QED) is 0.442. The van der Waals surface area contributed by atoms with Crippen LogP contribution in [0, 0.1) is 17.2 Å². The zero-order valence-electron chi connectivity index (χ0n) is 20.5. The minimum Gasteiger partial charge on any atom is -0.493 e. The Morgan fingerprint density at radius 2 is 1.54 bits per heavy atom. The van der Waals surface area contributed by atoms with Gasteiger partial charge < -0.3 is 4.74 Å². The van der Waals surface area contributed by atoms with Gasteiger partial charge in [-0.1, -0.05) is 48.5 Å². The molecule has 3 aromatic carbocycles. The molecule has 2 heterocycles. The molecule has 0 radical (unpaired) electrons. The van der Waals surface area contributed by atoms with Gasteiger partial charge in [0.15, 0.2) is 0 Å². The molecule has 0 N–H and O–H groups in total. The van der Waals surface area contributed by atoms with Gasteiger partial charge in [0.25, 0.3) is 0 Å². The number of benzene rings is 3. The van der Waals surface area contributed by atoms with Gasteiger partial charge in [0.2, 0.25) is 0 Å². The lowest BCUT2D eigenvalue weighted by atomic mass is 9.97. The number of aryl methyl sites for hydroxylation is 1. The summed E-state index contributed by atoms with van der Waals surface area (Å²) in [6.07, 6.45) is 4.71. The molecule has 0 unspecified atom stereocenters. The first-order valence-electron chi connectivity index (χ1n) is 13.0. The SMILES string of the molecule is N#Cc1ccc(CN2CCC(COc3ccc4c(c3)CN(Cc3ccccc3)CCC4)CC2)cc1. The summed E-state index contributed by atoms with van der Waals surface area (Å²) in [6.45, 7) is 7.11. The maximum atomic E-state index is 8.97. The normalized spacial score (nSPS) is 17.3. The maximum absolute atomic E-state index is 8.97. The Kier molecular flexibility index (Phi) is 7.78. The zero-order valence-corrected chi connectivity index (χ0v) is 20.5. The fraction of sp³-hybridized carbons (Fsp3) is 0.387. The Bertz CT molecular complexity index is 1130. The molecule has 0 amide bonds. The first-order valence-corrected chi connectivity index (χ1v) is 13.0. The van der Waals surface area contributed by atoms with Crippen molar-refractivity contribution in [2.24, 2.45) is 5.92 Å². The van der Waals surface area contributed by atoms with Crippen LogP contribution >= 0.6 is 0 Å². The summed E-state index contributed by atoms with van der Waals surface area (Å²) in [6, 6.07) is 27.7. The lowest BCUT2D eigenvalue weighted by Crippen LogP contribution is -2.35. The number of nitrogens with zero attached hydrogens (tertiary/aromatic N) is 3. The number of piperidine rings is 1. The van der Waals surface area contributed by atoms with E-state index in [9.17, 15) is 0 Å². The van der Waals surface area contributed by atoms with Crippen LogP contribution in [0.1, 0.15) is 47.1 Å². The van der Waals surface area contributed by atoms with E-state index in [1.807, 2.05) is 12.1 Å². The van der Waals surface area contributed by atoms with Crippen molar-refractivity contribution in [2.75, 3.05) is 26.2 Å². The Hall–Kier alpha value is -3.13. The van der Waals surface area contributed by atoms with E-state index in [2.05, 4.69) is 76.5 Å². The van der Waals surface area contributed by atoms with E-state index < -0.39 is 0 Å². The van der Waals surface area contributed by atoms with Crippen LogP contribution in [0.2, 0.25) is 0 Å². The van der Waals surface area contributed by atoms with Crippen LogP contribution in [0.5, 0.6) is 5.75 Å². The summed E-state index contributed by atoms with van der Waals surface area (Å²) in [5.74, 6) is 1.63. The second-order valence-corrected chi connectivity index (χ2v) is 10.1. The summed E-state index contributed by atoms with van der Waals surface area (Å²) in [4.78, 5) is 5.08. The van der Waals surface area contributed by atoms with Gasteiger partial charge in [-0.2, -0.15) is 5.26 Å². The van der Waals surface area contributed by atoms with Gasteiger partial charge in [0.05, 0.1) is 18.2 Å². The number of hydrogen-bond donors (Lipinski definition) is 0. The van der Waals surface area contributed by atoms with E-state index in [1.165, 1.54) is 41.5 Å². The van der Waals surface area contributed by atoms with Crippen LogP contribution in [0.4, 0.5) is 0 Å². The third kappa shape index (κ3) is 6.51. The minimum atomic E-state index is 0.612. The third-order valence-corrected chi connectivity index (χ3v) is 7.42. The maximum Gasteiger partial charge on any atom is 0.119 e. The van der Waals surface area contributed by atoms with Crippen molar-refractivity contribution in [3.05, 3.63) is 101 Å². The number of likely N-dealkylation sites (tertiary alicyclic amines) is 1. The first kappa shape index (κ1) is 23.6. The third-order valence-electron chi connectivity index (χ3n) is 7.42. The number of rotatable bonds is 7. The van der Waals surface area contributed by atoms with Crippen molar-refractivity contribution in [3.63, 3.8) is 0 Å². The van der Waals surface area contributed by atoms with Crippen LogP contribution in [-0.4, -0.2) is 36.0 Å². The molecule has 3 aromatic rings. The van der Waals surface area contributed by atoms with Crippen LogP contribution in [0.15, 0.2) is 72.8 Å². The molecular formula is C31H35N3O. The largest absolute Gasteiger partial charge is 0.493 e. The van der Waals surface area contributed by atoms with Gasteiger partial charge in [-0.15, -0.1) is 0 Å². The highest BCUT2D eigenvalue weighted by Crippen LogP contribution is 2.26. The Morgan fingerprint density at radius 3 is 2.31 bits per heavy atom. The molecule has 1 fully saturated rings. The predicted molar refractivity (Wildman–Crippen MR) is 140 cm³/mol. The topological polar surface area (TPSA) is 39.5 Å². The standard InChI is InChI=1S/C31H35N3O/c32-20-25-8-10-27(11-9-25)21-33-17-14-28(15-18-33)24-35-31-13-12-29-7-4-16-34(23-30(29)19-31)22-26-5-2-1-3-6-26/h1-3,5-6,8-13,19,28H,4,7,14-18,21-24H2. The Balaban J connectivity index is 1.11. The molecule has 2 aliphatic heterocycles. The summed E-state index contributed by atoms with van der Waals surface area (Å²) < 4.78 is 6.32. The highest BCUT2D eigenvalue weighted by Gasteiger charge is 2.21. The average Bonchev–Trinajstić information content (AvgIpc) is 3.10. The van der Waals surface area contributed by atoms with Crippen molar-refractivity contribution < 1.29 is 4.74 Å². The molecule has 4 nitrogen and oxygen atoms in total. The number of ether oxygens (including phenoxy) is 1. The lowest BCUT2D eigenvalue weighted by Gasteiger charge is -2.32. The fourth-order valence-corrected chi connectivity index (χ4v) is 5.34. The molecule has 4 heteroatoms. The van der Waals surface area contributed by atoms with E-state index in [4.69, 9.17) is 10.00 Å². The van der Waals surface area contributed by atoms with Crippen molar-refractivity contribution in [1.82, 2.24) is 9.80 Å². The van der Waals surface area contributed by atoms with E-state index >= 15 is 0 Å². The number of fused-ring (bicyclic) bond motifs is 1. The van der Waals surface area contributed by atoms with E-state index in [-0.39, 0.29) is 0 Å². The smallest absolute Gasteiger partial charge is 0.119 e. The molecule has 5 rings (SSSR count). The Morgan fingerprint density at radius 1 is 0.800 bits per heavy atom. The van der Waals surface area contributed by atoms with E-state index in [1.54, 1.807) is 0 Å². The predicted octanol–water partition coefficient (Wildman–Crippen LogP) is 5.80. The lowest BCUT2D eigenvalue weighted by molar-refractivity contribution is 0.136. The van der Waals surface area contributed by atoms with Crippen LogP contribution in [0.25, 0.3) is 0 Å². The molecule has 1 saturated heterocycles. The average molecular weight is 466 g/mol. The van der Waals surface area contributed by atoms with E-state index in [0.717, 1.165) is 63.6 Å². The molecule has 2 aliphatic rings. The second-order valence-electron chi connectivity index (χ2n) is 10.1. The summed E-state index contributed by atoms with van der Waals surface area (Å²) >= 11 is 0. The van der Waals surface area contributed by atoms with Crippen molar-refractivity contribution >= 4 is 0 Å². The molecular weight excluding hydrogens is 430 g/mol. The molecule has 0 bridgehead atoms. The van der Waals surface area contributed by atoms with Crippen molar-refractivity contribution in [2.45, 2.75) is 45.3 Å². The van der Waals surface area contributed by atoms with Gasteiger partial charge in [-0.25, -0.2) is 0 Å². The summed E-state index contributed by atoms with van der Waals surface area (Å²) in [7, 11) is 0. The highest BCUT2D eigenvalue weighted by atomic mass is 16.5. The van der Waals surface area contributed by atoms with Crippen molar-refractivity contribution in [3.8, 4) is 11.8 Å². The molecule has 0 aromatic heterocycles. The molecule has 180 valence electrons. The number of hydrogen-bond acceptors (Lipinski definition) is 4. The summed E-state index contributed by atoms with van der Waals surface area (Å²) in [5.41, 5.74) is 6.29. The van der Waals surface area contributed by atoms with Gasteiger partial charge in [-0.05, 0) is 97.8 Å². The summed E-state index contributed by atoms with van der Waals surface area (Å²) in [5, 5.41) is 8.97. The van der Waals surface area contributed by atoms with Crippen LogP contribution in [-0.2, 0) is 26.1 Å². The zero-order chi connectivity index (χ0) is 23.9.